The monoisotopic (exact) mass is 271 g/mol. The second kappa shape index (κ2) is 6.18. The summed E-state index contributed by atoms with van der Waals surface area (Å²) in [5.74, 6) is 2.43. The lowest BCUT2D eigenvalue weighted by molar-refractivity contribution is 0.274. The highest BCUT2D eigenvalue weighted by Gasteiger charge is 2.23. The van der Waals surface area contributed by atoms with Crippen LogP contribution in [0.4, 0.5) is 0 Å². The summed E-state index contributed by atoms with van der Waals surface area (Å²) in [7, 11) is 2.21. The summed E-state index contributed by atoms with van der Waals surface area (Å²) < 4.78 is 0. The van der Waals surface area contributed by atoms with Gasteiger partial charge in [-0.25, -0.2) is 4.98 Å². The van der Waals surface area contributed by atoms with Gasteiger partial charge in [0, 0.05) is 36.0 Å². The summed E-state index contributed by atoms with van der Waals surface area (Å²) in [4.78, 5) is 7.18. The van der Waals surface area contributed by atoms with Crippen molar-refractivity contribution in [3.63, 3.8) is 0 Å². The van der Waals surface area contributed by atoms with E-state index in [-0.39, 0.29) is 0 Å². The third kappa shape index (κ3) is 3.68. The van der Waals surface area contributed by atoms with Crippen LogP contribution in [0.2, 0.25) is 0 Å². The summed E-state index contributed by atoms with van der Waals surface area (Å²) in [6, 6.07) is 1.04. The standard InChI is InChI=1S/C12H21N3S2/c1-9(2)13-6-10-7-17-12(14-10)11-8-16-5-4-15(11)3/h7,9,11,13H,4-6,8H2,1-3H3. The predicted molar refractivity (Wildman–Crippen MR) is 76.8 cm³/mol. The van der Waals surface area contributed by atoms with Crippen molar-refractivity contribution in [3.8, 4) is 0 Å². The Morgan fingerprint density at radius 2 is 2.41 bits per heavy atom. The Balaban J connectivity index is 1.97. The van der Waals surface area contributed by atoms with Gasteiger partial charge in [-0.2, -0.15) is 11.8 Å². The molecule has 1 saturated heterocycles. The molecule has 17 heavy (non-hydrogen) atoms. The zero-order valence-corrected chi connectivity index (χ0v) is 12.4. The Labute approximate surface area is 112 Å². The molecule has 1 atom stereocenters. The van der Waals surface area contributed by atoms with Crippen LogP contribution in [0.25, 0.3) is 0 Å². The minimum absolute atomic E-state index is 0.520. The maximum atomic E-state index is 4.76. The molecule has 0 spiro atoms. The normalized spacial score (nSPS) is 22.2. The van der Waals surface area contributed by atoms with Gasteiger partial charge in [-0.3, -0.25) is 4.90 Å². The molecular weight excluding hydrogens is 250 g/mol. The van der Waals surface area contributed by atoms with Crippen LogP contribution in [0.15, 0.2) is 5.38 Å². The number of nitrogens with one attached hydrogen (secondary N) is 1. The molecule has 3 nitrogen and oxygen atoms in total. The van der Waals surface area contributed by atoms with Crippen LogP contribution in [0.5, 0.6) is 0 Å². The molecule has 1 aromatic heterocycles. The minimum Gasteiger partial charge on any atom is -0.309 e. The van der Waals surface area contributed by atoms with E-state index in [1.165, 1.54) is 28.8 Å². The predicted octanol–water partition coefficient (Wildman–Crippen LogP) is 2.36. The molecule has 0 aliphatic carbocycles. The number of aromatic nitrogens is 1. The van der Waals surface area contributed by atoms with Crippen molar-refractivity contribution in [1.82, 2.24) is 15.2 Å². The van der Waals surface area contributed by atoms with Gasteiger partial charge in [0.2, 0.25) is 0 Å². The van der Waals surface area contributed by atoms with E-state index < -0.39 is 0 Å². The largest absolute Gasteiger partial charge is 0.309 e. The number of thiazole rings is 1. The van der Waals surface area contributed by atoms with E-state index in [0.29, 0.717) is 12.1 Å². The lowest BCUT2D eigenvalue weighted by Crippen LogP contribution is -2.32. The zero-order valence-electron chi connectivity index (χ0n) is 10.8. The van der Waals surface area contributed by atoms with Gasteiger partial charge in [0.05, 0.1) is 11.7 Å². The molecule has 1 N–H and O–H groups in total. The first-order valence-electron chi connectivity index (χ1n) is 6.12. The molecule has 2 heterocycles. The second-order valence-corrected chi connectivity index (χ2v) is 6.82. The van der Waals surface area contributed by atoms with Gasteiger partial charge in [-0.05, 0) is 7.05 Å². The summed E-state index contributed by atoms with van der Waals surface area (Å²) in [5.41, 5.74) is 1.18. The SMILES string of the molecule is CC(C)NCc1csc(C2CSCCN2C)n1. The maximum absolute atomic E-state index is 4.76. The van der Waals surface area contributed by atoms with Crippen molar-refractivity contribution in [1.29, 1.82) is 0 Å². The summed E-state index contributed by atoms with van der Waals surface area (Å²) >= 11 is 3.84. The number of hydrogen-bond acceptors (Lipinski definition) is 5. The molecule has 1 unspecified atom stereocenters. The van der Waals surface area contributed by atoms with Crippen LogP contribution in [-0.4, -0.2) is 41.0 Å². The van der Waals surface area contributed by atoms with E-state index >= 15 is 0 Å². The Bertz CT molecular complexity index is 351. The van der Waals surface area contributed by atoms with E-state index in [0.717, 1.165) is 6.54 Å². The highest BCUT2D eigenvalue weighted by atomic mass is 32.2. The van der Waals surface area contributed by atoms with Crippen molar-refractivity contribution in [2.75, 3.05) is 25.1 Å². The molecule has 0 radical (unpaired) electrons. The van der Waals surface area contributed by atoms with Gasteiger partial charge < -0.3 is 5.32 Å². The van der Waals surface area contributed by atoms with E-state index in [1.54, 1.807) is 11.3 Å². The molecule has 0 saturated carbocycles. The van der Waals surface area contributed by atoms with Crippen molar-refractivity contribution < 1.29 is 0 Å². The fourth-order valence-corrected chi connectivity index (χ4v) is 4.12. The molecule has 1 fully saturated rings. The molecule has 1 aliphatic heterocycles. The molecule has 5 heteroatoms. The molecule has 1 aliphatic rings. The molecular formula is C12H21N3S2. The van der Waals surface area contributed by atoms with Crippen molar-refractivity contribution in [2.45, 2.75) is 32.5 Å². The lowest BCUT2D eigenvalue weighted by Gasteiger charge is -2.30. The van der Waals surface area contributed by atoms with Gasteiger partial charge in [-0.1, -0.05) is 13.8 Å². The average molecular weight is 271 g/mol. The van der Waals surface area contributed by atoms with E-state index in [1.807, 2.05) is 11.8 Å². The topological polar surface area (TPSA) is 28.2 Å². The third-order valence-corrected chi connectivity index (χ3v) is 4.96. The summed E-state index contributed by atoms with van der Waals surface area (Å²) in [6.45, 7) is 6.39. The second-order valence-electron chi connectivity index (χ2n) is 4.78. The smallest absolute Gasteiger partial charge is 0.111 e. The van der Waals surface area contributed by atoms with Crippen molar-refractivity contribution in [2.24, 2.45) is 0 Å². The number of thioether (sulfide) groups is 1. The molecule has 2 rings (SSSR count). The fraction of sp³-hybridized carbons (Fsp3) is 0.750. The molecule has 0 aromatic carbocycles. The Morgan fingerprint density at radius 3 is 3.12 bits per heavy atom. The summed E-state index contributed by atoms with van der Waals surface area (Å²) in [6.07, 6.45) is 0. The minimum atomic E-state index is 0.520. The zero-order chi connectivity index (χ0) is 12.3. The number of hydrogen-bond donors (Lipinski definition) is 1. The molecule has 0 amide bonds. The maximum Gasteiger partial charge on any atom is 0.111 e. The highest BCUT2D eigenvalue weighted by Crippen LogP contribution is 2.30. The fourth-order valence-electron chi connectivity index (χ4n) is 1.81. The molecule has 1 aromatic rings. The lowest BCUT2D eigenvalue weighted by atomic mass is 10.3. The highest BCUT2D eigenvalue weighted by molar-refractivity contribution is 7.99. The Hall–Kier alpha value is -0.100. The Kier molecular flexibility index (Phi) is 4.85. The number of rotatable bonds is 4. The van der Waals surface area contributed by atoms with Crippen LogP contribution < -0.4 is 5.32 Å². The average Bonchev–Trinajstić information content (AvgIpc) is 2.75. The van der Waals surface area contributed by atoms with Crippen molar-refractivity contribution in [3.05, 3.63) is 16.1 Å². The van der Waals surface area contributed by atoms with Gasteiger partial charge >= 0.3 is 0 Å². The first kappa shape index (κ1) is 13.3. The summed E-state index contributed by atoms with van der Waals surface area (Å²) in [5, 5.41) is 6.88. The molecule has 96 valence electrons. The van der Waals surface area contributed by atoms with Gasteiger partial charge in [-0.15, -0.1) is 11.3 Å². The van der Waals surface area contributed by atoms with Crippen LogP contribution in [-0.2, 0) is 6.54 Å². The van der Waals surface area contributed by atoms with E-state index in [2.05, 4.69) is 36.5 Å². The quantitative estimate of drug-likeness (QED) is 0.910. The number of nitrogens with zero attached hydrogens (tertiary/aromatic N) is 2. The molecule has 0 bridgehead atoms. The van der Waals surface area contributed by atoms with Gasteiger partial charge in [0.15, 0.2) is 0 Å². The van der Waals surface area contributed by atoms with Gasteiger partial charge in [0.1, 0.15) is 5.01 Å². The first-order chi connectivity index (χ1) is 8.16. The van der Waals surface area contributed by atoms with Crippen LogP contribution >= 0.6 is 23.1 Å². The third-order valence-electron chi connectivity index (χ3n) is 2.94. The van der Waals surface area contributed by atoms with Crippen molar-refractivity contribution >= 4 is 23.1 Å². The van der Waals surface area contributed by atoms with Crippen LogP contribution in [0.3, 0.4) is 0 Å². The van der Waals surface area contributed by atoms with Crippen LogP contribution in [0.1, 0.15) is 30.6 Å². The van der Waals surface area contributed by atoms with Gasteiger partial charge in [0.25, 0.3) is 0 Å². The van der Waals surface area contributed by atoms with E-state index in [9.17, 15) is 0 Å². The first-order valence-corrected chi connectivity index (χ1v) is 8.16. The van der Waals surface area contributed by atoms with E-state index in [4.69, 9.17) is 4.98 Å². The van der Waals surface area contributed by atoms with Crippen LogP contribution in [0, 0.1) is 0 Å². The Morgan fingerprint density at radius 1 is 1.59 bits per heavy atom.